The van der Waals surface area contributed by atoms with Gasteiger partial charge < -0.3 is 4.52 Å². The van der Waals surface area contributed by atoms with E-state index in [0.717, 1.165) is 22.9 Å². The Morgan fingerprint density at radius 2 is 2.00 bits per heavy atom. The maximum atomic E-state index is 5.50. The summed E-state index contributed by atoms with van der Waals surface area (Å²) in [5.74, 6) is 2.90. The fraction of sp³-hybridized carbons (Fsp3) is 0.632. The van der Waals surface area contributed by atoms with Gasteiger partial charge in [0, 0.05) is 23.9 Å². The highest BCUT2D eigenvalue weighted by atomic mass is 16.5. The van der Waals surface area contributed by atoms with Crippen molar-refractivity contribution in [2.75, 3.05) is 0 Å². The van der Waals surface area contributed by atoms with Crippen molar-refractivity contribution in [1.29, 1.82) is 0 Å². The van der Waals surface area contributed by atoms with Gasteiger partial charge in [0.15, 0.2) is 5.82 Å². The van der Waals surface area contributed by atoms with Crippen molar-refractivity contribution in [3.63, 3.8) is 0 Å². The Kier molecular flexibility index (Phi) is 5.42. The molecule has 0 unspecified atom stereocenters. The molecule has 0 atom stereocenters. The van der Waals surface area contributed by atoms with Crippen molar-refractivity contribution in [3.05, 3.63) is 29.8 Å². The molecular weight excluding hydrogens is 286 g/mol. The van der Waals surface area contributed by atoms with E-state index in [-0.39, 0.29) is 0 Å². The van der Waals surface area contributed by atoms with Gasteiger partial charge in [-0.05, 0) is 50.2 Å². The zero-order valence-electron chi connectivity index (χ0n) is 14.3. The van der Waals surface area contributed by atoms with Crippen LogP contribution in [0.5, 0.6) is 0 Å². The second kappa shape index (κ2) is 7.71. The zero-order chi connectivity index (χ0) is 16.1. The molecule has 1 aliphatic carbocycles. The topological polar surface area (TPSA) is 51.8 Å². The molecule has 0 spiro atoms. The second-order valence-corrected chi connectivity index (χ2v) is 6.86. The number of aryl methyl sites for hydroxylation is 1. The van der Waals surface area contributed by atoms with Crippen molar-refractivity contribution in [1.82, 2.24) is 15.1 Å². The second-order valence-electron chi connectivity index (χ2n) is 6.86. The van der Waals surface area contributed by atoms with Crippen molar-refractivity contribution >= 4 is 0 Å². The molecule has 4 heteroatoms. The Balaban J connectivity index is 1.59. The van der Waals surface area contributed by atoms with Crippen LogP contribution in [0.2, 0.25) is 0 Å². The molecule has 0 amide bonds. The van der Waals surface area contributed by atoms with Crippen LogP contribution in [-0.2, 0) is 0 Å². The molecular formula is C19H27N3O. The van der Waals surface area contributed by atoms with Crippen LogP contribution in [0.3, 0.4) is 0 Å². The van der Waals surface area contributed by atoms with Gasteiger partial charge in [-0.15, -0.1) is 0 Å². The molecule has 124 valence electrons. The van der Waals surface area contributed by atoms with E-state index in [1.54, 1.807) is 6.20 Å². The molecule has 0 aromatic carbocycles. The molecule has 23 heavy (non-hydrogen) atoms. The normalized spacial score (nSPS) is 21.5. The van der Waals surface area contributed by atoms with Crippen molar-refractivity contribution in [2.24, 2.45) is 5.92 Å². The molecule has 1 saturated carbocycles. The van der Waals surface area contributed by atoms with Gasteiger partial charge in [0.05, 0.1) is 0 Å². The highest BCUT2D eigenvalue weighted by Gasteiger charge is 2.26. The molecule has 2 aromatic rings. The minimum Gasteiger partial charge on any atom is -0.334 e. The summed E-state index contributed by atoms with van der Waals surface area (Å²) >= 11 is 0. The van der Waals surface area contributed by atoms with Gasteiger partial charge in [-0.3, -0.25) is 4.98 Å². The highest BCUT2D eigenvalue weighted by molar-refractivity contribution is 5.56. The van der Waals surface area contributed by atoms with Gasteiger partial charge in [0.25, 0.3) is 5.89 Å². The number of rotatable bonds is 6. The maximum Gasteiger partial charge on any atom is 0.258 e. The van der Waals surface area contributed by atoms with Gasteiger partial charge in [-0.2, -0.15) is 4.98 Å². The molecule has 0 radical (unpaired) electrons. The minimum atomic E-state index is 0.470. The van der Waals surface area contributed by atoms with Crippen LogP contribution >= 0.6 is 0 Å². The Labute approximate surface area is 138 Å². The summed E-state index contributed by atoms with van der Waals surface area (Å²) in [4.78, 5) is 8.78. The van der Waals surface area contributed by atoms with Gasteiger partial charge in [-0.1, -0.05) is 37.8 Å². The van der Waals surface area contributed by atoms with Gasteiger partial charge in [-0.25, -0.2) is 0 Å². The van der Waals surface area contributed by atoms with Crippen LogP contribution in [0, 0.1) is 12.8 Å². The third-order valence-electron chi connectivity index (χ3n) is 5.12. The molecule has 2 heterocycles. The summed E-state index contributed by atoms with van der Waals surface area (Å²) in [6.07, 6.45) is 14.1. The smallest absolute Gasteiger partial charge is 0.258 e. The highest BCUT2D eigenvalue weighted by Crippen LogP contribution is 2.37. The summed E-state index contributed by atoms with van der Waals surface area (Å²) in [5, 5.41) is 4.25. The SMILES string of the molecule is CCCCC[C@H]1CC[C@H](c2noc(-c3ccncc3C)n2)CC1. The molecule has 3 rings (SSSR count). The monoisotopic (exact) mass is 313 g/mol. The molecule has 0 saturated heterocycles. The van der Waals surface area contributed by atoms with Gasteiger partial charge >= 0.3 is 0 Å². The van der Waals surface area contributed by atoms with E-state index in [1.165, 1.54) is 51.4 Å². The Morgan fingerprint density at radius 3 is 2.74 bits per heavy atom. The first-order valence-corrected chi connectivity index (χ1v) is 9.02. The summed E-state index contributed by atoms with van der Waals surface area (Å²) < 4.78 is 5.50. The first kappa shape index (κ1) is 16.2. The lowest BCUT2D eigenvalue weighted by molar-refractivity contribution is 0.292. The summed E-state index contributed by atoms with van der Waals surface area (Å²) in [6, 6.07) is 1.94. The lowest BCUT2D eigenvalue weighted by Crippen LogP contribution is -2.14. The van der Waals surface area contributed by atoms with E-state index in [9.17, 15) is 0 Å². The number of aromatic nitrogens is 3. The molecule has 4 nitrogen and oxygen atoms in total. The fourth-order valence-electron chi connectivity index (χ4n) is 3.62. The lowest BCUT2D eigenvalue weighted by Gasteiger charge is -2.26. The zero-order valence-corrected chi connectivity index (χ0v) is 14.3. The first-order valence-electron chi connectivity index (χ1n) is 9.02. The van der Waals surface area contributed by atoms with Crippen molar-refractivity contribution in [2.45, 2.75) is 71.1 Å². The third-order valence-corrected chi connectivity index (χ3v) is 5.12. The molecule has 2 aromatic heterocycles. The number of hydrogen-bond acceptors (Lipinski definition) is 4. The van der Waals surface area contributed by atoms with Crippen LogP contribution in [0.15, 0.2) is 23.0 Å². The average Bonchev–Trinajstić information content (AvgIpc) is 3.06. The minimum absolute atomic E-state index is 0.470. The van der Waals surface area contributed by atoms with Crippen molar-refractivity contribution in [3.8, 4) is 11.5 Å². The lowest BCUT2D eigenvalue weighted by atomic mass is 9.79. The number of pyridine rings is 1. The van der Waals surface area contributed by atoms with Crippen LogP contribution in [0.1, 0.15) is 75.6 Å². The third kappa shape index (κ3) is 3.98. The van der Waals surface area contributed by atoms with Crippen LogP contribution in [0.25, 0.3) is 11.5 Å². The number of unbranched alkanes of at least 4 members (excludes halogenated alkanes) is 2. The predicted molar refractivity (Wildman–Crippen MR) is 91.1 cm³/mol. The van der Waals surface area contributed by atoms with Crippen molar-refractivity contribution < 1.29 is 4.52 Å². The average molecular weight is 313 g/mol. The Bertz CT molecular complexity index is 615. The van der Waals surface area contributed by atoms with Crippen LogP contribution < -0.4 is 0 Å². The quantitative estimate of drug-likeness (QED) is 0.679. The van der Waals surface area contributed by atoms with E-state index in [2.05, 4.69) is 22.0 Å². The fourth-order valence-corrected chi connectivity index (χ4v) is 3.62. The summed E-state index contributed by atoms with van der Waals surface area (Å²) in [6.45, 7) is 4.29. The van der Waals surface area contributed by atoms with Gasteiger partial charge in [0.1, 0.15) is 0 Å². The molecule has 1 fully saturated rings. The Hall–Kier alpha value is -1.71. The molecule has 1 aliphatic rings. The first-order chi connectivity index (χ1) is 11.3. The maximum absolute atomic E-state index is 5.50. The van der Waals surface area contributed by atoms with Crippen LogP contribution in [0.4, 0.5) is 0 Å². The predicted octanol–water partition coefficient (Wildman–Crippen LogP) is 5.29. The number of hydrogen-bond donors (Lipinski definition) is 0. The number of nitrogens with zero attached hydrogens (tertiary/aromatic N) is 3. The van der Waals surface area contributed by atoms with E-state index < -0.39 is 0 Å². The van der Waals surface area contributed by atoms with E-state index in [1.807, 2.05) is 19.2 Å². The summed E-state index contributed by atoms with van der Waals surface area (Å²) in [5.41, 5.74) is 2.06. The summed E-state index contributed by atoms with van der Waals surface area (Å²) in [7, 11) is 0. The van der Waals surface area contributed by atoms with E-state index >= 15 is 0 Å². The van der Waals surface area contributed by atoms with E-state index in [0.29, 0.717) is 11.8 Å². The van der Waals surface area contributed by atoms with Gasteiger partial charge in [0.2, 0.25) is 0 Å². The molecule has 0 aliphatic heterocycles. The standard InChI is InChI=1S/C19H27N3O/c1-3-4-5-6-15-7-9-16(10-8-15)18-21-19(23-22-18)17-11-12-20-13-14(17)2/h11-13,15-16H,3-10H2,1-2H3/t15-,16-. The van der Waals surface area contributed by atoms with Crippen LogP contribution in [-0.4, -0.2) is 15.1 Å². The Morgan fingerprint density at radius 1 is 1.17 bits per heavy atom. The molecule has 0 N–H and O–H groups in total. The molecule has 0 bridgehead atoms. The largest absolute Gasteiger partial charge is 0.334 e. The van der Waals surface area contributed by atoms with E-state index in [4.69, 9.17) is 4.52 Å².